The van der Waals surface area contributed by atoms with Crippen LogP contribution in [0.5, 0.6) is 5.75 Å². The van der Waals surface area contributed by atoms with Crippen molar-refractivity contribution in [1.29, 1.82) is 0 Å². The van der Waals surface area contributed by atoms with Gasteiger partial charge in [-0.3, -0.25) is 13.8 Å². The molecule has 1 aliphatic heterocycles. The summed E-state index contributed by atoms with van der Waals surface area (Å²) in [5.41, 5.74) is 0.563. The molecule has 1 aromatic carbocycles. The molecule has 0 aliphatic carbocycles. The minimum Gasteiger partial charge on any atom is -0.486 e. The fraction of sp³-hybridized carbons (Fsp3) is 0.565. The Hall–Kier alpha value is -2.60. The van der Waals surface area contributed by atoms with Crippen molar-refractivity contribution in [3.8, 4) is 5.75 Å². The largest absolute Gasteiger partial charge is 0.486 e. The van der Waals surface area contributed by atoms with Gasteiger partial charge in [-0.25, -0.2) is 16.8 Å². The summed E-state index contributed by atoms with van der Waals surface area (Å²) in [6.07, 6.45) is 2.05. The molecule has 0 fully saturated rings. The number of benzene rings is 1. The molecule has 0 radical (unpaired) electrons. The predicted molar refractivity (Wildman–Crippen MR) is 132 cm³/mol. The first-order valence-electron chi connectivity index (χ1n) is 11.3. The molecule has 0 saturated carbocycles. The number of sulfonamides is 1. The molecule has 2 aromatic rings. The summed E-state index contributed by atoms with van der Waals surface area (Å²) < 4.78 is 65.1. The fourth-order valence-electron chi connectivity index (χ4n) is 3.77. The highest BCUT2D eigenvalue weighted by atomic mass is 32.2. The van der Waals surface area contributed by atoms with Gasteiger partial charge in [-0.1, -0.05) is 6.07 Å². The number of rotatable bonds is 8. The van der Waals surface area contributed by atoms with Gasteiger partial charge in [0.25, 0.3) is 10.0 Å². The van der Waals surface area contributed by atoms with Gasteiger partial charge < -0.3 is 9.47 Å². The maximum absolute atomic E-state index is 13.8. The second-order valence-corrected chi connectivity index (χ2v) is 13.8. The first-order chi connectivity index (χ1) is 16.1. The Balaban J connectivity index is 2.01. The number of sulfone groups is 1. The molecule has 1 aliphatic rings. The molecule has 12 heteroatoms. The Morgan fingerprint density at radius 1 is 1.23 bits per heavy atom. The van der Waals surface area contributed by atoms with Crippen LogP contribution in [0.15, 0.2) is 29.3 Å². The van der Waals surface area contributed by atoms with Crippen molar-refractivity contribution in [2.24, 2.45) is 0 Å². The molecule has 0 spiro atoms. The van der Waals surface area contributed by atoms with Crippen LogP contribution in [-0.4, -0.2) is 62.8 Å². The quantitative estimate of drug-likeness (QED) is 0.480. The summed E-state index contributed by atoms with van der Waals surface area (Å²) in [4.78, 5) is 12.4. The van der Waals surface area contributed by atoms with E-state index >= 15 is 0 Å². The molecule has 3 rings (SSSR count). The minimum absolute atomic E-state index is 0.0389. The number of anilines is 1. The lowest BCUT2D eigenvalue weighted by molar-refractivity contribution is -0.153. The lowest BCUT2D eigenvalue weighted by Crippen LogP contribution is -2.44. The molecular formula is C23H33N3O7S2. The minimum atomic E-state index is -4.05. The second kappa shape index (κ2) is 9.81. The number of fused-ring (bicyclic) bond motifs is 1. The first-order valence-corrected chi connectivity index (χ1v) is 14.8. The molecule has 10 nitrogen and oxygen atoms in total. The summed E-state index contributed by atoms with van der Waals surface area (Å²) in [7, 11) is -7.31. The van der Waals surface area contributed by atoms with Crippen LogP contribution in [0.1, 0.15) is 45.4 Å². The number of ether oxygens (including phenoxy) is 2. The smallest absolute Gasteiger partial charge is 0.310 e. The number of carbonyl (C=O) groups excluding carboxylic acids is 1. The monoisotopic (exact) mass is 527 g/mol. The summed E-state index contributed by atoms with van der Waals surface area (Å²) in [5.74, 6) is -0.272. The first kappa shape index (κ1) is 27.0. The van der Waals surface area contributed by atoms with E-state index in [4.69, 9.17) is 9.47 Å². The van der Waals surface area contributed by atoms with Gasteiger partial charge in [-0.2, -0.15) is 5.10 Å². The number of carbonyl (C=O) groups is 1. The van der Waals surface area contributed by atoms with Crippen molar-refractivity contribution in [3.05, 3.63) is 35.7 Å². The molecule has 0 N–H and O–H groups in total. The van der Waals surface area contributed by atoms with E-state index in [0.29, 0.717) is 23.6 Å². The Kier molecular flexibility index (Phi) is 7.56. The molecule has 0 saturated heterocycles. The average molecular weight is 528 g/mol. The lowest BCUT2D eigenvalue weighted by Gasteiger charge is -2.35. The Labute approximate surface area is 207 Å². The zero-order valence-corrected chi connectivity index (χ0v) is 22.6. The van der Waals surface area contributed by atoms with Crippen molar-refractivity contribution in [1.82, 2.24) is 9.78 Å². The van der Waals surface area contributed by atoms with Gasteiger partial charge in [0.15, 0.2) is 0 Å². The van der Waals surface area contributed by atoms with E-state index in [-0.39, 0.29) is 35.7 Å². The summed E-state index contributed by atoms with van der Waals surface area (Å²) in [6, 6.07) is 4.88. The van der Waals surface area contributed by atoms with E-state index in [1.54, 1.807) is 50.6 Å². The SMILES string of the molecule is CCn1cc(S(=O)(=O)N2C[C@H](CCS(C)(=O)=O)Oc3ccc(CC(=O)OC(C)(C)C)cc32)c(C)n1. The van der Waals surface area contributed by atoms with Crippen LogP contribution in [0, 0.1) is 6.92 Å². The molecule has 35 heavy (non-hydrogen) atoms. The second-order valence-electron chi connectivity index (χ2n) is 9.69. The number of aryl methyl sites for hydroxylation is 2. The number of esters is 1. The van der Waals surface area contributed by atoms with Gasteiger partial charge in [0.2, 0.25) is 0 Å². The topological polar surface area (TPSA) is 125 Å². The van der Waals surface area contributed by atoms with E-state index in [1.807, 2.05) is 6.92 Å². The Morgan fingerprint density at radius 2 is 1.91 bits per heavy atom. The molecule has 2 heterocycles. The molecule has 1 atom stereocenters. The summed E-state index contributed by atoms with van der Waals surface area (Å²) >= 11 is 0. The molecule has 1 aromatic heterocycles. The molecule has 0 bridgehead atoms. The van der Waals surface area contributed by atoms with Gasteiger partial charge in [0.1, 0.15) is 32.2 Å². The van der Waals surface area contributed by atoms with Gasteiger partial charge in [-0.05, 0) is 58.7 Å². The number of aromatic nitrogens is 2. The van der Waals surface area contributed by atoms with Crippen molar-refractivity contribution in [2.75, 3.05) is 22.9 Å². The van der Waals surface area contributed by atoms with E-state index in [0.717, 1.165) is 6.26 Å². The third-order valence-electron chi connectivity index (χ3n) is 5.33. The van der Waals surface area contributed by atoms with Crippen LogP contribution in [0.4, 0.5) is 5.69 Å². The van der Waals surface area contributed by atoms with Crippen LogP contribution in [-0.2, 0) is 42.4 Å². The van der Waals surface area contributed by atoms with Gasteiger partial charge >= 0.3 is 5.97 Å². The van der Waals surface area contributed by atoms with Crippen LogP contribution in [0.2, 0.25) is 0 Å². The fourth-order valence-corrected chi connectivity index (χ4v) is 6.13. The van der Waals surface area contributed by atoms with Gasteiger partial charge in [0, 0.05) is 19.0 Å². The molecular weight excluding hydrogens is 494 g/mol. The number of nitrogens with zero attached hydrogens (tertiary/aromatic N) is 3. The van der Waals surface area contributed by atoms with E-state index in [1.165, 1.54) is 10.5 Å². The summed E-state index contributed by atoms with van der Waals surface area (Å²) in [6.45, 7) is 9.24. The van der Waals surface area contributed by atoms with Crippen LogP contribution in [0.25, 0.3) is 0 Å². The predicted octanol–water partition coefficient (Wildman–Crippen LogP) is 2.49. The molecule has 0 unspecified atom stereocenters. The highest BCUT2D eigenvalue weighted by molar-refractivity contribution is 7.93. The van der Waals surface area contributed by atoms with Crippen LogP contribution < -0.4 is 9.04 Å². The van der Waals surface area contributed by atoms with E-state index < -0.39 is 37.5 Å². The third-order valence-corrected chi connectivity index (χ3v) is 8.19. The standard InChI is InChI=1S/C23H33N3O7S2/c1-7-25-15-21(16(2)24-25)35(30,31)26-14-18(10-11-34(6,28)29)32-20-9-8-17(12-19(20)26)13-22(27)33-23(3,4)5/h8-9,12,15,18H,7,10-11,13-14H2,1-6H3/t18-/m0/s1. The van der Waals surface area contributed by atoms with E-state index in [9.17, 15) is 21.6 Å². The maximum Gasteiger partial charge on any atom is 0.310 e. The molecule has 0 amide bonds. The lowest BCUT2D eigenvalue weighted by atomic mass is 10.1. The van der Waals surface area contributed by atoms with Crippen molar-refractivity contribution < 1.29 is 31.1 Å². The van der Waals surface area contributed by atoms with E-state index in [2.05, 4.69) is 5.10 Å². The summed E-state index contributed by atoms with van der Waals surface area (Å²) in [5, 5.41) is 4.26. The molecule has 194 valence electrons. The van der Waals surface area contributed by atoms with Crippen molar-refractivity contribution in [2.45, 2.75) is 70.6 Å². The highest BCUT2D eigenvalue weighted by Gasteiger charge is 2.37. The van der Waals surface area contributed by atoms with Gasteiger partial charge in [0.05, 0.1) is 30.1 Å². The van der Waals surface area contributed by atoms with Crippen LogP contribution >= 0.6 is 0 Å². The Bertz CT molecular complexity index is 1310. The Morgan fingerprint density at radius 3 is 2.49 bits per heavy atom. The van der Waals surface area contributed by atoms with Crippen LogP contribution in [0.3, 0.4) is 0 Å². The van der Waals surface area contributed by atoms with Crippen molar-refractivity contribution >= 4 is 31.5 Å². The third kappa shape index (κ3) is 6.75. The maximum atomic E-state index is 13.8. The van der Waals surface area contributed by atoms with Gasteiger partial charge in [-0.15, -0.1) is 0 Å². The number of hydrogen-bond acceptors (Lipinski definition) is 8. The van der Waals surface area contributed by atoms with Crippen molar-refractivity contribution in [3.63, 3.8) is 0 Å². The normalized spacial score (nSPS) is 16.5. The average Bonchev–Trinajstić information content (AvgIpc) is 3.11. The highest BCUT2D eigenvalue weighted by Crippen LogP contribution is 2.39. The zero-order valence-electron chi connectivity index (χ0n) is 20.9. The zero-order chi connectivity index (χ0) is 26.2. The number of hydrogen-bond donors (Lipinski definition) is 0.